The number of amides is 1. The average molecular weight is 440 g/mol. The Morgan fingerprint density at radius 2 is 1.97 bits per heavy atom. The van der Waals surface area contributed by atoms with Gasteiger partial charge in [0.1, 0.15) is 6.10 Å². The summed E-state index contributed by atoms with van der Waals surface area (Å²) in [7, 11) is 0. The smallest absolute Gasteiger partial charge is 0.389 e. The van der Waals surface area contributed by atoms with E-state index in [0.29, 0.717) is 25.9 Å². The normalized spacial score (nSPS) is 26.4. The highest BCUT2D eigenvalue weighted by molar-refractivity contribution is 5.85. The first-order chi connectivity index (χ1) is 13.2. The minimum Gasteiger partial charge on any atom is -0.389 e. The fourth-order valence-corrected chi connectivity index (χ4v) is 3.52. The van der Waals surface area contributed by atoms with Gasteiger partial charge in [0.2, 0.25) is 5.95 Å². The Morgan fingerprint density at radius 1 is 1.31 bits per heavy atom. The molecular formula is C17H25ClF3N5O3. The maximum atomic E-state index is 12.6. The summed E-state index contributed by atoms with van der Waals surface area (Å²) >= 11 is 0. The minimum absolute atomic E-state index is 0. The highest BCUT2D eigenvalue weighted by Gasteiger charge is 2.41. The molecule has 1 aromatic rings. The van der Waals surface area contributed by atoms with Crippen LogP contribution < -0.4 is 10.6 Å². The molecule has 2 aliphatic rings. The molecule has 0 bridgehead atoms. The number of anilines is 1. The van der Waals surface area contributed by atoms with Crippen LogP contribution in [0.3, 0.4) is 0 Å². The van der Waals surface area contributed by atoms with Crippen molar-refractivity contribution in [1.82, 2.24) is 14.9 Å². The molecule has 3 rings (SSSR count). The molecule has 1 aromatic heterocycles. The van der Waals surface area contributed by atoms with Crippen molar-refractivity contribution in [1.29, 1.82) is 0 Å². The molecule has 0 spiro atoms. The molecule has 2 fully saturated rings. The summed E-state index contributed by atoms with van der Waals surface area (Å²) in [5.74, 6) is -0.0414. The van der Waals surface area contributed by atoms with Gasteiger partial charge in [0.05, 0.1) is 24.3 Å². The lowest BCUT2D eigenvalue weighted by Crippen LogP contribution is -2.55. The number of β-amino-alcohol motifs (C(OH)–C–C–N with tert-alkyl or cyclic N) is 1. The molecule has 29 heavy (non-hydrogen) atoms. The van der Waals surface area contributed by atoms with Crippen LogP contribution in [0, 0.1) is 0 Å². The predicted octanol–water partition coefficient (Wildman–Crippen LogP) is 0.821. The summed E-state index contributed by atoms with van der Waals surface area (Å²) in [5.41, 5.74) is 4.73. The zero-order chi connectivity index (χ0) is 20.5. The summed E-state index contributed by atoms with van der Waals surface area (Å²) in [5, 5.41) is 10.5. The number of hydrogen-bond acceptors (Lipinski definition) is 7. The quantitative estimate of drug-likeness (QED) is 0.699. The second-order valence-electron chi connectivity index (χ2n) is 7.26. The number of aliphatic hydroxyl groups is 1. The molecule has 2 aliphatic heterocycles. The SMILES string of the molecule is CC(N)CO[C@@H]1CCN([C@@H]2CCN(c3ncc(C(F)(F)F)cn3)C[C@@H]2O)C1=O.Cl. The summed E-state index contributed by atoms with van der Waals surface area (Å²) < 4.78 is 43.4. The Kier molecular flexibility index (Phi) is 7.66. The summed E-state index contributed by atoms with van der Waals surface area (Å²) in [6, 6.07) is -0.540. The lowest BCUT2D eigenvalue weighted by molar-refractivity contribution is -0.141. The predicted molar refractivity (Wildman–Crippen MR) is 101 cm³/mol. The molecule has 8 nitrogen and oxygen atoms in total. The number of alkyl halides is 3. The fraction of sp³-hybridized carbons (Fsp3) is 0.706. The number of halogens is 4. The van der Waals surface area contributed by atoms with Crippen molar-refractivity contribution in [2.75, 3.05) is 31.1 Å². The third-order valence-electron chi connectivity index (χ3n) is 4.95. The number of carbonyl (C=O) groups excluding carboxylic acids is 1. The van der Waals surface area contributed by atoms with Gasteiger partial charge >= 0.3 is 6.18 Å². The molecule has 1 amide bonds. The van der Waals surface area contributed by atoms with E-state index in [1.54, 1.807) is 16.7 Å². The number of rotatable bonds is 5. The first-order valence-corrected chi connectivity index (χ1v) is 9.16. The Balaban J connectivity index is 0.00000300. The molecule has 12 heteroatoms. The van der Waals surface area contributed by atoms with E-state index in [4.69, 9.17) is 10.5 Å². The van der Waals surface area contributed by atoms with Crippen LogP contribution in [0.4, 0.5) is 19.1 Å². The highest BCUT2D eigenvalue weighted by Crippen LogP contribution is 2.29. The van der Waals surface area contributed by atoms with Crippen LogP contribution in [-0.2, 0) is 15.7 Å². The van der Waals surface area contributed by atoms with Crippen molar-refractivity contribution in [2.45, 2.75) is 50.2 Å². The molecule has 3 heterocycles. The second kappa shape index (κ2) is 9.41. The maximum absolute atomic E-state index is 12.6. The molecule has 3 N–H and O–H groups in total. The Labute approximate surface area is 172 Å². The molecule has 4 atom stereocenters. The topological polar surface area (TPSA) is 105 Å². The standard InChI is InChI=1S/C17H24F3N5O3.ClH/c1-10(21)9-28-14-3-5-25(15(14)27)12-2-4-24(8-13(12)26)16-22-6-11(7-23-16)17(18,19)20;/h6-7,10,12-14,26H,2-5,8-9,21H2,1H3;1H/t10?,12-,13+,14-;/m1./s1. The van der Waals surface area contributed by atoms with Gasteiger partial charge in [-0.05, 0) is 13.3 Å². The number of likely N-dealkylation sites (tertiary alicyclic amines) is 1. The van der Waals surface area contributed by atoms with Crippen LogP contribution >= 0.6 is 12.4 Å². The minimum atomic E-state index is -4.50. The lowest BCUT2D eigenvalue weighted by atomic mass is 10.0. The van der Waals surface area contributed by atoms with Crippen molar-refractivity contribution in [3.63, 3.8) is 0 Å². The Bertz CT molecular complexity index is 692. The van der Waals surface area contributed by atoms with E-state index in [-0.39, 0.29) is 49.5 Å². The largest absolute Gasteiger partial charge is 0.419 e. The van der Waals surface area contributed by atoms with Crippen molar-refractivity contribution in [3.8, 4) is 0 Å². The van der Waals surface area contributed by atoms with Gasteiger partial charge in [0.25, 0.3) is 5.91 Å². The van der Waals surface area contributed by atoms with E-state index < -0.39 is 23.9 Å². The zero-order valence-electron chi connectivity index (χ0n) is 15.9. The van der Waals surface area contributed by atoms with Crippen LogP contribution in [-0.4, -0.2) is 76.4 Å². The van der Waals surface area contributed by atoms with Gasteiger partial charge in [-0.3, -0.25) is 4.79 Å². The van der Waals surface area contributed by atoms with E-state index in [2.05, 4.69) is 9.97 Å². The van der Waals surface area contributed by atoms with E-state index in [9.17, 15) is 23.1 Å². The monoisotopic (exact) mass is 439 g/mol. The number of piperidine rings is 1. The molecule has 2 saturated heterocycles. The Hall–Kier alpha value is -1.69. The number of ether oxygens (including phenoxy) is 1. The molecule has 164 valence electrons. The number of aliphatic hydroxyl groups excluding tert-OH is 1. The molecule has 1 unspecified atom stereocenters. The van der Waals surface area contributed by atoms with Gasteiger partial charge in [-0.15, -0.1) is 12.4 Å². The van der Waals surface area contributed by atoms with Crippen molar-refractivity contribution < 1.29 is 27.8 Å². The molecular weight excluding hydrogens is 415 g/mol. The van der Waals surface area contributed by atoms with Gasteiger partial charge in [-0.2, -0.15) is 13.2 Å². The van der Waals surface area contributed by atoms with E-state index in [0.717, 1.165) is 12.4 Å². The van der Waals surface area contributed by atoms with E-state index in [1.165, 1.54) is 0 Å². The van der Waals surface area contributed by atoms with Crippen molar-refractivity contribution in [3.05, 3.63) is 18.0 Å². The second-order valence-corrected chi connectivity index (χ2v) is 7.26. The molecule has 0 aliphatic carbocycles. The van der Waals surface area contributed by atoms with Crippen molar-refractivity contribution in [2.24, 2.45) is 5.73 Å². The van der Waals surface area contributed by atoms with Gasteiger partial charge in [0, 0.05) is 44.5 Å². The third-order valence-corrected chi connectivity index (χ3v) is 4.95. The van der Waals surface area contributed by atoms with Crippen LogP contribution in [0.15, 0.2) is 12.4 Å². The number of carbonyl (C=O) groups is 1. The summed E-state index contributed by atoms with van der Waals surface area (Å²) in [6.07, 6.45) is -3.46. The van der Waals surface area contributed by atoms with Crippen LogP contribution in [0.25, 0.3) is 0 Å². The van der Waals surface area contributed by atoms with Crippen molar-refractivity contribution >= 4 is 24.3 Å². The number of nitrogens with two attached hydrogens (primary N) is 1. The van der Waals surface area contributed by atoms with E-state index in [1.807, 2.05) is 0 Å². The van der Waals surface area contributed by atoms with Gasteiger partial charge in [-0.25, -0.2) is 9.97 Å². The molecule has 0 radical (unpaired) electrons. The maximum Gasteiger partial charge on any atom is 0.419 e. The number of aromatic nitrogens is 2. The van der Waals surface area contributed by atoms with Gasteiger partial charge in [0.15, 0.2) is 0 Å². The third kappa shape index (κ3) is 5.47. The first kappa shape index (κ1) is 23.6. The van der Waals surface area contributed by atoms with E-state index >= 15 is 0 Å². The van der Waals surface area contributed by atoms with Crippen LogP contribution in [0.2, 0.25) is 0 Å². The average Bonchev–Trinajstić information content (AvgIpc) is 3.00. The fourth-order valence-electron chi connectivity index (χ4n) is 3.52. The highest BCUT2D eigenvalue weighted by atomic mass is 35.5. The van der Waals surface area contributed by atoms with Gasteiger partial charge in [-0.1, -0.05) is 0 Å². The lowest BCUT2D eigenvalue weighted by Gasteiger charge is -2.40. The summed E-state index contributed by atoms with van der Waals surface area (Å²) in [6.45, 7) is 3.12. The Morgan fingerprint density at radius 3 is 2.52 bits per heavy atom. The zero-order valence-corrected chi connectivity index (χ0v) is 16.7. The molecule has 0 saturated carbocycles. The summed E-state index contributed by atoms with van der Waals surface area (Å²) in [4.78, 5) is 23.3. The van der Waals surface area contributed by atoms with Crippen LogP contribution in [0.1, 0.15) is 25.3 Å². The van der Waals surface area contributed by atoms with Gasteiger partial charge < -0.3 is 25.4 Å². The first-order valence-electron chi connectivity index (χ1n) is 9.16. The number of nitrogens with zero attached hydrogens (tertiary/aromatic N) is 4. The number of hydrogen-bond donors (Lipinski definition) is 2. The van der Waals surface area contributed by atoms with Crippen LogP contribution in [0.5, 0.6) is 0 Å². The molecule has 0 aromatic carbocycles.